The van der Waals surface area contributed by atoms with Gasteiger partial charge in [0, 0.05) is 35.1 Å². The van der Waals surface area contributed by atoms with Gasteiger partial charge >= 0.3 is 6.55 Å². The molecule has 0 aliphatic rings. The summed E-state index contributed by atoms with van der Waals surface area (Å²) in [5, 5.41) is 0.654. The predicted octanol–water partition coefficient (Wildman–Crippen LogP) is 3.86. The van der Waals surface area contributed by atoms with Crippen LogP contribution in [0, 0.1) is 0 Å². The summed E-state index contributed by atoms with van der Waals surface area (Å²) in [5.74, 6) is -0.294. The summed E-state index contributed by atoms with van der Waals surface area (Å²) in [6.07, 6.45) is 2.42. The first-order chi connectivity index (χ1) is 9.88. The zero-order chi connectivity index (χ0) is 15.6. The van der Waals surface area contributed by atoms with Crippen LogP contribution < -0.4 is 0 Å². The van der Waals surface area contributed by atoms with E-state index in [1.54, 1.807) is 0 Å². The fourth-order valence-corrected chi connectivity index (χ4v) is 2.35. The molecular formula is C13H11Cl2F2N3O. The number of hydrogen-bond donors (Lipinski definition) is 0. The summed E-state index contributed by atoms with van der Waals surface area (Å²) in [5.41, 5.74) is 0.283. The fourth-order valence-electron chi connectivity index (χ4n) is 1.83. The van der Waals surface area contributed by atoms with Crippen molar-refractivity contribution in [3.63, 3.8) is 0 Å². The van der Waals surface area contributed by atoms with E-state index in [2.05, 4.69) is 4.98 Å². The molecule has 0 aliphatic carbocycles. The fraction of sp³-hybridized carbons (Fsp3) is 0.231. The van der Waals surface area contributed by atoms with Crippen LogP contribution in [0.3, 0.4) is 0 Å². The van der Waals surface area contributed by atoms with Crippen molar-refractivity contribution in [3.8, 4) is 0 Å². The van der Waals surface area contributed by atoms with Gasteiger partial charge in [-0.25, -0.2) is 4.98 Å². The monoisotopic (exact) mass is 333 g/mol. The summed E-state index contributed by atoms with van der Waals surface area (Å²) < 4.78 is 26.2. The van der Waals surface area contributed by atoms with E-state index in [9.17, 15) is 13.6 Å². The Morgan fingerprint density at radius 1 is 1.33 bits per heavy atom. The minimum Gasteiger partial charge on any atom is -0.334 e. The molecule has 8 heteroatoms. The van der Waals surface area contributed by atoms with Gasteiger partial charge in [0.25, 0.3) is 5.91 Å². The standard InChI is InChI=1S/C13H11Cl2F2N3O/c1-19(7-11-18-2-3-20(11)13(16)17)12(21)8-4-9(14)6-10(15)5-8/h2-6,13H,7H2,1H3. The number of alkyl halides is 2. The number of hydrogen-bond acceptors (Lipinski definition) is 2. The van der Waals surface area contributed by atoms with E-state index in [1.807, 2.05) is 0 Å². The smallest absolute Gasteiger partial charge is 0.319 e. The Morgan fingerprint density at radius 3 is 2.52 bits per heavy atom. The molecule has 0 spiro atoms. The van der Waals surface area contributed by atoms with Crippen LogP contribution in [0.1, 0.15) is 22.7 Å². The van der Waals surface area contributed by atoms with E-state index in [4.69, 9.17) is 23.2 Å². The van der Waals surface area contributed by atoms with E-state index >= 15 is 0 Å². The third-order valence-electron chi connectivity index (χ3n) is 2.79. The topological polar surface area (TPSA) is 38.1 Å². The van der Waals surface area contributed by atoms with Crippen molar-refractivity contribution in [2.24, 2.45) is 0 Å². The number of aromatic nitrogens is 2. The normalized spacial score (nSPS) is 11.0. The van der Waals surface area contributed by atoms with Crippen LogP contribution >= 0.6 is 23.2 Å². The second kappa shape index (κ2) is 6.41. The molecule has 1 heterocycles. The van der Waals surface area contributed by atoms with Crippen LogP contribution in [0.5, 0.6) is 0 Å². The molecule has 0 bridgehead atoms. The van der Waals surface area contributed by atoms with Crippen molar-refractivity contribution in [3.05, 3.63) is 52.0 Å². The molecule has 0 radical (unpaired) electrons. The minimum atomic E-state index is -2.70. The van der Waals surface area contributed by atoms with Gasteiger partial charge in [0.15, 0.2) is 0 Å². The van der Waals surface area contributed by atoms with E-state index < -0.39 is 6.55 Å². The van der Waals surface area contributed by atoms with Gasteiger partial charge in [0.05, 0.1) is 6.54 Å². The van der Waals surface area contributed by atoms with Crippen LogP contribution in [0.2, 0.25) is 10.0 Å². The maximum Gasteiger partial charge on any atom is 0.319 e. The number of carbonyl (C=O) groups excluding carboxylic acids is 1. The lowest BCUT2D eigenvalue weighted by atomic mass is 10.2. The minimum absolute atomic E-state index is 0.0553. The van der Waals surface area contributed by atoms with Crippen LogP contribution in [-0.2, 0) is 6.54 Å². The van der Waals surface area contributed by atoms with E-state index in [-0.39, 0.29) is 23.8 Å². The van der Waals surface area contributed by atoms with Crippen molar-refractivity contribution in [1.82, 2.24) is 14.5 Å². The first kappa shape index (κ1) is 15.7. The Hall–Kier alpha value is -1.66. The first-order valence-electron chi connectivity index (χ1n) is 5.90. The van der Waals surface area contributed by atoms with E-state index in [1.165, 1.54) is 36.3 Å². The summed E-state index contributed by atoms with van der Waals surface area (Å²) in [6.45, 7) is -2.76. The lowest BCUT2D eigenvalue weighted by Crippen LogP contribution is -2.27. The van der Waals surface area contributed by atoms with Crippen molar-refractivity contribution < 1.29 is 13.6 Å². The van der Waals surface area contributed by atoms with Crippen molar-refractivity contribution in [2.45, 2.75) is 13.1 Å². The second-order valence-corrected chi connectivity index (χ2v) is 5.22. The van der Waals surface area contributed by atoms with Crippen LogP contribution in [0.15, 0.2) is 30.6 Å². The molecule has 0 unspecified atom stereocenters. The Bertz CT molecular complexity index is 640. The summed E-state index contributed by atoms with van der Waals surface area (Å²) in [6, 6.07) is 4.43. The number of halogens is 4. The molecular weight excluding hydrogens is 323 g/mol. The van der Waals surface area contributed by atoms with Gasteiger partial charge in [-0.15, -0.1) is 0 Å². The van der Waals surface area contributed by atoms with Crippen molar-refractivity contribution in [1.29, 1.82) is 0 Å². The van der Waals surface area contributed by atoms with Gasteiger partial charge in [-0.3, -0.25) is 9.36 Å². The summed E-state index contributed by atoms with van der Waals surface area (Å²) in [4.78, 5) is 17.3. The largest absolute Gasteiger partial charge is 0.334 e. The molecule has 1 aromatic heterocycles. The number of amides is 1. The zero-order valence-corrected chi connectivity index (χ0v) is 12.4. The molecule has 4 nitrogen and oxygen atoms in total. The quantitative estimate of drug-likeness (QED) is 0.852. The Balaban J connectivity index is 2.17. The van der Waals surface area contributed by atoms with Gasteiger partial charge in [-0.2, -0.15) is 8.78 Å². The highest BCUT2D eigenvalue weighted by atomic mass is 35.5. The highest BCUT2D eigenvalue weighted by molar-refractivity contribution is 6.35. The molecule has 0 atom stereocenters. The Kier molecular flexibility index (Phi) is 4.80. The molecule has 1 amide bonds. The molecule has 0 aliphatic heterocycles. The predicted molar refractivity (Wildman–Crippen MR) is 75.7 cm³/mol. The number of imidazole rings is 1. The molecule has 0 saturated carbocycles. The second-order valence-electron chi connectivity index (χ2n) is 4.35. The number of rotatable bonds is 4. The van der Waals surface area contributed by atoms with Crippen LogP contribution in [0.4, 0.5) is 8.78 Å². The first-order valence-corrected chi connectivity index (χ1v) is 6.65. The lowest BCUT2D eigenvalue weighted by Gasteiger charge is -2.18. The molecule has 2 rings (SSSR count). The maximum atomic E-state index is 12.7. The number of benzene rings is 1. The number of nitrogens with zero attached hydrogens (tertiary/aromatic N) is 3. The molecule has 0 fully saturated rings. The molecule has 1 aromatic carbocycles. The average Bonchev–Trinajstić information content (AvgIpc) is 2.84. The molecule has 21 heavy (non-hydrogen) atoms. The third kappa shape index (κ3) is 3.71. The molecule has 0 N–H and O–H groups in total. The van der Waals surface area contributed by atoms with Crippen LogP contribution in [0.25, 0.3) is 0 Å². The zero-order valence-electron chi connectivity index (χ0n) is 10.9. The van der Waals surface area contributed by atoms with E-state index in [0.717, 1.165) is 6.20 Å². The Morgan fingerprint density at radius 2 is 1.95 bits per heavy atom. The molecule has 2 aromatic rings. The van der Waals surface area contributed by atoms with Crippen molar-refractivity contribution in [2.75, 3.05) is 7.05 Å². The highest BCUT2D eigenvalue weighted by Gasteiger charge is 2.18. The van der Waals surface area contributed by atoms with Crippen molar-refractivity contribution >= 4 is 29.1 Å². The van der Waals surface area contributed by atoms with Crippen LogP contribution in [-0.4, -0.2) is 27.4 Å². The average molecular weight is 334 g/mol. The number of carbonyl (C=O) groups is 1. The third-order valence-corrected chi connectivity index (χ3v) is 3.23. The van der Waals surface area contributed by atoms with E-state index in [0.29, 0.717) is 14.6 Å². The van der Waals surface area contributed by atoms with Gasteiger partial charge in [0.2, 0.25) is 0 Å². The van der Waals surface area contributed by atoms with Gasteiger partial charge in [-0.1, -0.05) is 23.2 Å². The summed E-state index contributed by atoms with van der Waals surface area (Å²) >= 11 is 11.7. The lowest BCUT2D eigenvalue weighted by molar-refractivity contribution is 0.0612. The SMILES string of the molecule is CN(Cc1nccn1C(F)F)C(=O)c1cc(Cl)cc(Cl)c1. The van der Waals surface area contributed by atoms with Gasteiger partial charge < -0.3 is 4.90 Å². The molecule has 0 saturated heterocycles. The van der Waals surface area contributed by atoms with Gasteiger partial charge in [-0.05, 0) is 18.2 Å². The molecule has 112 valence electrons. The Labute approximate surface area is 129 Å². The summed E-state index contributed by atoms with van der Waals surface area (Å²) in [7, 11) is 1.49. The van der Waals surface area contributed by atoms with Gasteiger partial charge in [0.1, 0.15) is 5.82 Å². The highest BCUT2D eigenvalue weighted by Crippen LogP contribution is 2.21. The maximum absolute atomic E-state index is 12.7.